The van der Waals surface area contributed by atoms with Crippen LogP contribution in [-0.2, 0) is 0 Å². The van der Waals surface area contributed by atoms with Crippen LogP contribution in [0.5, 0.6) is 0 Å². The van der Waals surface area contributed by atoms with E-state index in [0.717, 1.165) is 29.3 Å². The smallest absolute Gasteiger partial charge is 0.116 e. The molecule has 1 aliphatic heterocycles. The van der Waals surface area contributed by atoms with E-state index >= 15 is 0 Å². The SMILES string of the molecule is C=C/C=C(\NC(C)=NC1CCC1)N1C(/C=C\C(=C)C)=C(C)CC(C)=C1c1ccc(C)cc1.CCC(C)(C)C.CCCC.CCCC. The number of hydrogen-bond acceptors (Lipinski definition) is 2. The molecule has 2 aliphatic rings. The highest BCUT2D eigenvalue weighted by Crippen LogP contribution is 2.39. The van der Waals surface area contributed by atoms with Gasteiger partial charge in [0.1, 0.15) is 5.82 Å². The van der Waals surface area contributed by atoms with Crippen LogP contribution >= 0.6 is 0 Å². The van der Waals surface area contributed by atoms with Gasteiger partial charge in [-0.25, -0.2) is 0 Å². The minimum absolute atomic E-state index is 0.447. The number of amidine groups is 1. The van der Waals surface area contributed by atoms with E-state index in [0.29, 0.717) is 11.5 Å². The first-order valence-corrected chi connectivity index (χ1v) is 17.9. The molecule has 46 heavy (non-hydrogen) atoms. The molecular weight excluding hydrogens is 558 g/mol. The zero-order valence-corrected chi connectivity index (χ0v) is 32.4. The molecule has 0 spiro atoms. The topological polar surface area (TPSA) is 27.6 Å². The first-order chi connectivity index (χ1) is 21.7. The van der Waals surface area contributed by atoms with E-state index in [2.05, 4.69) is 143 Å². The zero-order valence-electron chi connectivity index (χ0n) is 32.4. The Hall–Kier alpha value is -3.07. The summed E-state index contributed by atoms with van der Waals surface area (Å²) in [5.41, 5.74) is 9.04. The Balaban J connectivity index is 0.00000121. The fourth-order valence-electron chi connectivity index (χ4n) is 4.14. The van der Waals surface area contributed by atoms with Crippen molar-refractivity contribution in [3.63, 3.8) is 0 Å². The molecule has 1 aromatic rings. The largest absolute Gasteiger partial charge is 0.330 e. The number of nitrogens with zero attached hydrogens (tertiary/aromatic N) is 2. The predicted molar refractivity (Wildman–Crippen MR) is 210 cm³/mol. The van der Waals surface area contributed by atoms with Gasteiger partial charge in [0.15, 0.2) is 0 Å². The highest BCUT2D eigenvalue weighted by atomic mass is 15.3. The van der Waals surface area contributed by atoms with Crippen LogP contribution in [0.15, 0.2) is 95.0 Å². The van der Waals surface area contributed by atoms with Crippen molar-refractivity contribution < 1.29 is 0 Å². The van der Waals surface area contributed by atoms with Gasteiger partial charge in [-0.3, -0.25) is 9.89 Å². The molecule has 0 saturated heterocycles. The molecule has 3 heteroatoms. The van der Waals surface area contributed by atoms with E-state index in [4.69, 9.17) is 4.99 Å². The van der Waals surface area contributed by atoms with Crippen molar-refractivity contribution in [1.82, 2.24) is 10.2 Å². The standard InChI is InChI=1S/C29H37N3.C6H14.2C4H10/c1-8-10-28(31-24(7)30-26-11-9-12-26)32-27(18-13-20(2)3)22(5)19-23(6)29(32)25-16-14-21(4)15-17-25;1-5-6(2,3)4;2*1-3-4-2/h8,10,13-18,26H,1-2,9,11-12,19H2,3-7H3,(H,30,31);5H2,1-4H3;2*3-4H2,1-2H3/b18-13-,28-10+;;;. The van der Waals surface area contributed by atoms with Crippen molar-refractivity contribution in [2.24, 2.45) is 10.4 Å². The molecule has 1 aliphatic carbocycles. The first-order valence-electron chi connectivity index (χ1n) is 17.9. The molecule has 0 bridgehead atoms. The molecule has 3 rings (SSSR count). The highest BCUT2D eigenvalue weighted by Gasteiger charge is 2.27. The van der Waals surface area contributed by atoms with Gasteiger partial charge in [0.05, 0.1) is 17.6 Å². The maximum atomic E-state index is 4.89. The van der Waals surface area contributed by atoms with Gasteiger partial charge in [0.25, 0.3) is 0 Å². The van der Waals surface area contributed by atoms with Gasteiger partial charge in [-0.15, -0.1) is 0 Å². The van der Waals surface area contributed by atoms with Crippen molar-refractivity contribution in [3.05, 3.63) is 101 Å². The second kappa shape index (κ2) is 23.3. The molecule has 0 aromatic heterocycles. The lowest BCUT2D eigenvalue weighted by Gasteiger charge is -2.37. The van der Waals surface area contributed by atoms with E-state index in [9.17, 15) is 0 Å². The summed E-state index contributed by atoms with van der Waals surface area (Å²) in [7, 11) is 0. The minimum Gasteiger partial charge on any atom is -0.330 e. The molecule has 1 saturated carbocycles. The summed E-state index contributed by atoms with van der Waals surface area (Å²) in [6, 6.07) is 9.22. The average molecular weight is 630 g/mol. The lowest BCUT2D eigenvalue weighted by molar-refractivity contribution is 0.398. The third kappa shape index (κ3) is 17.0. The summed E-state index contributed by atoms with van der Waals surface area (Å²) in [6.45, 7) is 36.4. The molecule has 0 unspecified atom stereocenters. The molecule has 0 amide bonds. The predicted octanol–water partition coefficient (Wildman–Crippen LogP) is 13.5. The maximum absolute atomic E-state index is 4.89. The average Bonchev–Trinajstić information content (AvgIpc) is 2.98. The Bertz CT molecular complexity index is 1180. The molecular formula is C43H71N3. The molecule has 258 valence electrons. The minimum atomic E-state index is 0.447. The van der Waals surface area contributed by atoms with E-state index < -0.39 is 0 Å². The van der Waals surface area contributed by atoms with Crippen LogP contribution in [-0.4, -0.2) is 16.8 Å². The number of benzene rings is 1. The fourth-order valence-corrected chi connectivity index (χ4v) is 4.14. The van der Waals surface area contributed by atoms with Crippen LogP contribution in [0, 0.1) is 12.3 Å². The Morgan fingerprint density at radius 1 is 0.913 bits per heavy atom. The van der Waals surface area contributed by atoms with Crippen molar-refractivity contribution in [1.29, 1.82) is 0 Å². The van der Waals surface area contributed by atoms with Crippen LogP contribution in [0.25, 0.3) is 5.70 Å². The van der Waals surface area contributed by atoms with Gasteiger partial charge in [-0.1, -0.05) is 148 Å². The number of rotatable bonds is 9. The van der Waals surface area contributed by atoms with Gasteiger partial charge in [-0.05, 0) is 94.6 Å². The summed E-state index contributed by atoms with van der Waals surface area (Å²) in [5, 5.41) is 3.60. The molecule has 1 aromatic carbocycles. The van der Waals surface area contributed by atoms with Crippen molar-refractivity contribution in [2.45, 2.75) is 154 Å². The van der Waals surface area contributed by atoms with E-state index in [-0.39, 0.29) is 0 Å². The quantitative estimate of drug-likeness (QED) is 0.167. The van der Waals surface area contributed by atoms with Crippen LogP contribution < -0.4 is 5.32 Å². The second-order valence-electron chi connectivity index (χ2n) is 14.0. The Labute approximate surface area is 286 Å². The second-order valence-corrected chi connectivity index (χ2v) is 14.0. The number of allylic oxidation sites excluding steroid dienone is 7. The summed E-state index contributed by atoms with van der Waals surface area (Å²) < 4.78 is 0. The third-order valence-corrected chi connectivity index (χ3v) is 8.02. The zero-order chi connectivity index (χ0) is 35.3. The van der Waals surface area contributed by atoms with Crippen LogP contribution in [0.1, 0.15) is 152 Å². The van der Waals surface area contributed by atoms with Crippen LogP contribution in [0.4, 0.5) is 0 Å². The Morgan fingerprint density at radius 3 is 1.83 bits per heavy atom. The van der Waals surface area contributed by atoms with Gasteiger partial charge in [-0.2, -0.15) is 0 Å². The van der Waals surface area contributed by atoms with Crippen LogP contribution in [0.3, 0.4) is 0 Å². The molecule has 0 radical (unpaired) electrons. The maximum Gasteiger partial charge on any atom is 0.116 e. The number of aliphatic imine (C=N–C) groups is 1. The summed E-state index contributed by atoms with van der Waals surface area (Å²) in [5.74, 6) is 1.89. The van der Waals surface area contributed by atoms with E-state index in [1.54, 1.807) is 0 Å². The monoisotopic (exact) mass is 630 g/mol. The molecule has 1 heterocycles. The van der Waals surface area contributed by atoms with Gasteiger partial charge in [0.2, 0.25) is 0 Å². The summed E-state index contributed by atoms with van der Waals surface area (Å²) in [6.07, 6.45) is 19.3. The lowest BCUT2D eigenvalue weighted by atomic mass is 9.93. The van der Waals surface area contributed by atoms with Gasteiger partial charge in [0, 0.05) is 5.70 Å². The van der Waals surface area contributed by atoms with Crippen molar-refractivity contribution in [3.8, 4) is 0 Å². The van der Waals surface area contributed by atoms with Gasteiger partial charge >= 0.3 is 0 Å². The van der Waals surface area contributed by atoms with E-state index in [1.807, 2.05) is 19.1 Å². The Kier molecular flexibility index (Phi) is 21.7. The Morgan fingerprint density at radius 2 is 1.43 bits per heavy atom. The van der Waals surface area contributed by atoms with Crippen molar-refractivity contribution >= 4 is 11.5 Å². The molecule has 0 atom stereocenters. The normalized spacial score (nSPS) is 15.6. The number of hydrogen-bond donors (Lipinski definition) is 1. The molecule has 1 N–H and O–H groups in total. The first kappa shape index (κ1) is 42.9. The number of aryl methyl sites for hydroxylation is 1. The third-order valence-electron chi connectivity index (χ3n) is 8.02. The fraction of sp³-hybridized carbons (Fsp3) is 0.558. The summed E-state index contributed by atoms with van der Waals surface area (Å²) >= 11 is 0. The molecule has 1 fully saturated rings. The number of nitrogens with one attached hydrogen (secondary N) is 1. The molecule has 3 nitrogen and oxygen atoms in total. The van der Waals surface area contributed by atoms with E-state index in [1.165, 1.54) is 79.3 Å². The number of unbranched alkanes of at least 4 members (excludes halogenated alkanes) is 2. The van der Waals surface area contributed by atoms with Crippen molar-refractivity contribution in [2.75, 3.05) is 0 Å². The lowest BCUT2D eigenvalue weighted by Crippen LogP contribution is -2.35. The summed E-state index contributed by atoms with van der Waals surface area (Å²) in [4.78, 5) is 7.20. The van der Waals surface area contributed by atoms with Gasteiger partial charge < -0.3 is 5.32 Å². The van der Waals surface area contributed by atoms with Crippen LogP contribution in [0.2, 0.25) is 0 Å². The highest BCUT2D eigenvalue weighted by molar-refractivity contribution is 5.83.